The minimum Gasteiger partial charge on any atom is -0.311 e. The lowest BCUT2D eigenvalue weighted by atomic mass is 10.1. The maximum absolute atomic E-state index is 13.3. The number of aryl methyl sites for hydroxylation is 1. The van der Waals surface area contributed by atoms with Crippen molar-refractivity contribution in [1.29, 1.82) is 0 Å². The fourth-order valence-corrected chi connectivity index (χ4v) is 3.92. The van der Waals surface area contributed by atoms with E-state index in [1.807, 2.05) is 68.4 Å². The summed E-state index contributed by atoms with van der Waals surface area (Å²) in [6.45, 7) is 4.49. The van der Waals surface area contributed by atoms with Crippen molar-refractivity contribution in [1.82, 2.24) is 14.8 Å². The molecular formula is C26H26N4O2. The lowest BCUT2D eigenvalue weighted by Crippen LogP contribution is -2.38. The minimum atomic E-state index is -0.256. The predicted octanol–water partition coefficient (Wildman–Crippen LogP) is 4.13. The molecule has 2 heterocycles. The number of hydrogen-bond acceptors (Lipinski definition) is 4. The van der Waals surface area contributed by atoms with E-state index in [1.54, 1.807) is 23.4 Å². The van der Waals surface area contributed by atoms with E-state index in [0.29, 0.717) is 18.4 Å². The molecule has 0 bridgehead atoms. The smallest absolute Gasteiger partial charge is 0.275 e. The number of nitrogens with zero attached hydrogens (tertiary/aromatic N) is 4. The molecule has 0 radical (unpaired) electrons. The molecule has 0 unspecified atom stereocenters. The molecule has 0 N–H and O–H groups in total. The summed E-state index contributed by atoms with van der Waals surface area (Å²) in [6.07, 6.45) is 4.84. The molecular weight excluding hydrogens is 400 g/mol. The van der Waals surface area contributed by atoms with Crippen LogP contribution in [0, 0.1) is 6.92 Å². The van der Waals surface area contributed by atoms with Gasteiger partial charge < -0.3 is 4.90 Å². The second kappa shape index (κ2) is 9.56. The van der Waals surface area contributed by atoms with Gasteiger partial charge in [0, 0.05) is 36.4 Å². The molecule has 4 aromatic rings. The van der Waals surface area contributed by atoms with Crippen molar-refractivity contribution in [2.75, 3.05) is 11.4 Å². The van der Waals surface area contributed by atoms with Gasteiger partial charge in [0.2, 0.25) is 5.91 Å². The summed E-state index contributed by atoms with van der Waals surface area (Å²) in [6, 6.07) is 19.1. The maximum Gasteiger partial charge on any atom is 0.275 e. The molecule has 0 aliphatic carbocycles. The molecule has 0 spiro atoms. The van der Waals surface area contributed by atoms with E-state index in [1.165, 1.54) is 4.68 Å². The first-order valence-corrected chi connectivity index (χ1v) is 10.8. The molecule has 0 atom stereocenters. The largest absolute Gasteiger partial charge is 0.311 e. The molecule has 0 aliphatic heterocycles. The van der Waals surface area contributed by atoms with Crippen molar-refractivity contribution in [2.24, 2.45) is 0 Å². The second-order valence-electron chi connectivity index (χ2n) is 7.82. The van der Waals surface area contributed by atoms with E-state index in [4.69, 9.17) is 0 Å². The highest BCUT2D eigenvalue weighted by atomic mass is 16.2. The highest BCUT2D eigenvalue weighted by Gasteiger charge is 2.19. The maximum atomic E-state index is 13.3. The van der Waals surface area contributed by atoms with Crippen molar-refractivity contribution in [3.8, 4) is 0 Å². The van der Waals surface area contributed by atoms with Crippen LogP contribution >= 0.6 is 0 Å². The molecule has 0 saturated carbocycles. The van der Waals surface area contributed by atoms with Crippen LogP contribution in [0.2, 0.25) is 0 Å². The molecule has 162 valence electrons. The van der Waals surface area contributed by atoms with Crippen LogP contribution in [0.4, 0.5) is 5.69 Å². The fourth-order valence-electron chi connectivity index (χ4n) is 3.92. The van der Waals surface area contributed by atoms with Crippen molar-refractivity contribution in [3.05, 3.63) is 100 Å². The third-order valence-corrected chi connectivity index (χ3v) is 5.50. The lowest BCUT2D eigenvalue weighted by molar-refractivity contribution is -0.119. The van der Waals surface area contributed by atoms with Gasteiger partial charge >= 0.3 is 0 Å². The monoisotopic (exact) mass is 426 g/mol. The number of hydrogen-bond donors (Lipinski definition) is 0. The highest BCUT2D eigenvalue weighted by Crippen LogP contribution is 2.21. The van der Waals surface area contributed by atoms with E-state index in [-0.39, 0.29) is 18.0 Å². The van der Waals surface area contributed by atoms with Crippen LogP contribution in [0.5, 0.6) is 0 Å². The summed E-state index contributed by atoms with van der Waals surface area (Å²) in [7, 11) is 0. The minimum absolute atomic E-state index is 0.110. The molecule has 32 heavy (non-hydrogen) atoms. The van der Waals surface area contributed by atoms with E-state index >= 15 is 0 Å². The van der Waals surface area contributed by atoms with Gasteiger partial charge in [-0.05, 0) is 48.7 Å². The summed E-state index contributed by atoms with van der Waals surface area (Å²) in [5.41, 5.74) is 3.43. The van der Waals surface area contributed by atoms with Gasteiger partial charge in [-0.1, -0.05) is 43.3 Å². The van der Waals surface area contributed by atoms with E-state index in [2.05, 4.69) is 10.1 Å². The van der Waals surface area contributed by atoms with E-state index < -0.39 is 0 Å². The summed E-state index contributed by atoms with van der Waals surface area (Å²) >= 11 is 0. The zero-order chi connectivity index (χ0) is 22.5. The zero-order valence-corrected chi connectivity index (χ0v) is 18.4. The van der Waals surface area contributed by atoms with Crippen molar-refractivity contribution in [2.45, 2.75) is 33.2 Å². The molecule has 4 rings (SSSR count). The van der Waals surface area contributed by atoms with Crippen LogP contribution in [0.15, 0.2) is 77.9 Å². The molecule has 0 fully saturated rings. The van der Waals surface area contributed by atoms with E-state index in [0.717, 1.165) is 34.3 Å². The Hall–Kier alpha value is -3.80. The standard InChI is InChI=1S/C26H26N4O2/c1-3-16-29(24-11-7-4-8-19(24)2)25(31)18-30-26(32)22-10-6-5-9-21(22)23(28-30)17-20-12-14-27-15-13-20/h4-15H,3,16-18H2,1-2H3. The van der Waals surface area contributed by atoms with Crippen LogP contribution in [0.25, 0.3) is 10.8 Å². The molecule has 2 aromatic carbocycles. The topological polar surface area (TPSA) is 68.1 Å². The number of anilines is 1. The van der Waals surface area contributed by atoms with Gasteiger partial charge in [0.25, 0.3) is 5.56 Å². The molecule has 6 nitrogen and oxygen atoms in total. The number of benzene rings is 2. The quantitative estimate of drug-likeness (QED) is 0.446. The Labute approximate surface area is 187 Å². The Kier molecular flexibility index (Phi) is 6.40. The predicted molar refractivity (Wildman–Crippen MR) is 127 cm³/mol. The average molecular weight is 427 g/mol. The second-order valence-corrected chi connectivity index (χ2v) is 7.82. The van der Waals surface area contributed by atoms with Gasteiger partial charge in [0.1, 0.15) is 6.54 Å². The Balaban J connectivity index is 1.73. The van der Waals surface area contributed by atoms with Crippen molar-refractivity contribution in [3.63, 3.8) is 0 Å². The van der Waals surface area contributed by atoms with Gasteiger partial charge in [-0.15, -0.1) is 0 Å². The summed E-state index contributed by atoms with van der Waals surface area (Å²) in [5, 5.41) is 6.01. The fraction of sp³-hybridized carbons (Fsp3) is 0.231. The van der Waals surface area contributed by atoms with Crippen LogP contribution in [-0.2, 0) is 17.8 Å². The van der Waals surface area contributed by atoms with Crippen molar-refractivity contribution >= 4 is 22.4 Å². The third-order valence-electron chi connectivity index (χ3n) is 5.50. The van der Waals surface area contributed by atoms with Gasteiger partial charge in [0.05, 0.1) is 11.1 Å². The Morgan fingerprint density at radius 2 is 1.66 bits per heavy atom. The van der Waals surface area contributed by atoms with Crippen LogP contribution in [0.1, 0.15) is 30.2 Å². The third kappa shape index (κ3) is 4.44. The van der Waals surface area contributed by atoms with Gasteiger partial charge in [-0.25, -0.2) is 4.68 Å². The van der Waals surface area contributed by atoms with Crippen LogP contribution < -0.4 is 10.5 Å². The number of carbonyl (C=O) groups is 1. The number of pyridine rings is 1. The Morgan fingerprint density at radius 1 is 0.969 bits per heavy atom. The van der Waals surface area contributed by atoms with Gasteiger partial charge in [0.15, 0.2) is 0 Å². The number of para-hydroxylation sites is 1. The van der Waals surface area contributed by atoms with Gasteiger partial charge in [-0.3, -0.25) is 14.6 Å². The average Bonchev–Trinajstić information content (AvgIpc) is 2.82. The Bertz CT molecular complexity index is 1300. The first-order valence-electron chi connectivity index (χ1n) is 10.8. The van der Waals surface area contributed by atoms with Crippen molar-refractivity contribution < 1.29 is 4.79 Å². The molecule has 6 heteroatoms. The molecule has 2 aromatic heterocycles. The number of carbonyl (C=O) groups excluding carboxylic acids is 1. The molecule has 0 saturated heterocycles. The molecule has 1 amide bonds. The summed E-state index contributed by atoms with van der Waals surface area (Å²) in [5.74, 6) is -0.152. The summed E-state index contributed by atoms with van der Waals surface area (Å²) < 4.78 is 1.31. The highest BCUT2D eigenvalue weighted by molar-refractivity contribution is 5.94. The normalized spacial score (nSPS) is 10.9. The number of amides is 1. The first-order chi connectivity index (χ1) is 15.6. The SMILES string of the molecule is CCCN(C(=O)Cn1nc(Cc2ccncc2)c2ccccc2c1=O)c1ccccc1C. The van der Waals surface area contributed by atoms with Crippen LogP contribution in [0.3, 0.4) is 0 Å². The first kappa shape index (κ1) is 21.4. The Morgan fingerprint density at radius 3 is 2.38 bits per heavy atom. The summed E-state index contributed by atoms with van der Waals surface area (Å²) in [4.78, 5) is 32.3. The zero-order valence-electron chi connectivity index (χ0n) is 18.4. The van der Waals surface area contributed by atoms with E-state index in [9.17, 15) is 9.59 Å². The number of fused-ring (bicyclic) bond motifs is 1. The number of rotatable bonds is 7. The van der Waals surface area contributed by atoms with Gasteiger partial charge in [-0.2, -0.15) is 5.10 Å². The number of aromatic nitrogens is 3. The van der Waals surface area contributed by atoms with Crippen LogP contribution in [-0.4, -0.2) is 27.2 Å². The molecule has 0 aliphatic rings. The lowest BCUT2D eigenvalue weighted by Gasteiger charge is -2.24.